The highest BCUT2D eigenvalue weighted by Crippen LogP contribution is 2.10. The number of phenols is 1. The van der Waals surface area contributed by atoms with E-state index in [2.05, 4.69) is 0 Å². The van der Waals surface area contributed by atoms with Gasteiger partial charge in [-0.25, -0.2) is 0 Å². The van der Waals surface area contributed by atoms with Gasteiger partial charge < -0.3 is 15.1 Å². The summed E-state index contributed by atoms with van der Waals surface area (Å²) in [5, 5.41) is 17.6. The van der Waals surface area contributed by atoms with Gasteiger partial charge in [-0.1, -0.05) is 12.1 Å². The van der Waals surface area contributed by atoms with E-state index in [9.17, 15) is 9.59 Å². The third kappa shape index (κ3) is 3.61. The Morgan fingerprint density at radius 3 is 2.31 bits per heavy atom. The van der Waals surface area contributed by atoms with Crippen LogP contribution < -0.4 is 0 Å². The Balaban J connectivity index is 2.57. The molecule has 0 aliphatic rings. The van der Waals surface area contributed by atoms with Crippen LogP contribution >= 0.6 is 0 Å². The molecule has 0 bridgehead atoms. The molecule has 0 aliphatic carbocycles. The van der Waals surface area contributed by atoms with E-state index in [-0.39, 0.29) is 24.6 Å². The molecule has 0 aliphatic heterocycles. The molecule has 1 rings (SSSR count). The maximum absolute atomic E-state index is 11.5. The number of carbonyl (C=O) groups excluding carboxylic acids is 1. The number of amides is 1. The number of aromatic hydroxyl groups is 1. The van der Waals surface area contributed by atoms with Crippen LogP contribution in [0, 0.1) is 0 Å². The lowest BCUT2D eigenvalue weighted by Crippen LogP contribution is -2.33. The SMILES string of the molecule is CN(CC(=O)O)C(=O)Cc1ccc(O)cc1. The number of carboxylic acids is 1. The molecule has 0 unspecified atom stereocenters. The predicted molar refractivity (Wildman–Crippen MR) is 57.1 cm³/mol. The number of nitrogens with zero attached hydrogens (tertiary/aromatic N) is 1. The van der Waals surface area contributed by atoms with Crippen LogP contribution in [-0.4, -0.2) is 40.6 Å². The Labute approximate surface area is 92.9 Å². The molecule has 5 heteroatoms. The minimum absolute atomic E-state index is 0.129. The zero-order valence-electron chi connectivity index (χ0n) is 8.88. The number of hydrogen-bond acceptors (Lipinski definition) is 3. The average Bonchev–Trinajstić information content (AvgIpc) is 2.20. The molecular formula is C11H13NO4. The molecule has 86 valence electrons. The van der Waals surface area contributed by atoms with Crippen LogP contribution in [0.4, 0.5) is 0 Å². The lowest BCUT2D eigenvalue weighted by molar-refractivity contribution is -0.143. The fourth-order valence-corrected chi connectivity index (χ4v) is 1.21. The average molecular weight is 223 g/mol. The van der Waals surface area contributed by atoms with Gasteiger partial charge in [-0.15, -0.1) is 0 Å². The van der Waals surface area contributed by atoms with Crippen molar-refractivity contribution in [1.82, 2.24) is 4.90 Å². The maximum atomic E-state index is 11.5. The van der Waals surface area contributed by atoms with E-state index in [4.69, 9.17) is 10.2 Å². The highest BCUT2D eigenvalue weighted by Gasteiger charge is 2.12. The van der Waals surface area contributed by atoms with Gasteiger partial charge in [0.15, 0.2) is 0 Å². The molecule has 0 fully saturated rings. The highest BCUT2D eigenvalue weighted by molar-refractivity contribution is 5.82. The van der Waals surface area contributed by atoms with Crippen molar-refractivity contribution < 1.29 is 19.8 Å². The van der Waals surface area contributed by atoms with Gasteiger partial charge in [-0.2, -0.15) is 0 Å². The highest BCUT2D eigenvalue weighted by atomic mass is 16.4. The third-order valence-corrected chi connectivity index (χ3v) is 2.09. The van der Waals surface area contributed by atoms with E-state index in [1.807, 2.05) is 0 Å². The van der Waals surface area contributed by atoms with Gasteiger partial charge in [-0.05, 0) is 17.7 Å². The summed E-state index contributed by atoms with van der Waals surface area (Å²) in [5.74, 6) is -1.18. The second kappa shape index (κ2) is 5.16. The topological polar surface area (TPSA) is 77.8 Å². The number of benzene rings is 1. The summed E-state index contributed by atoms with van der Waals surface area (Å²) in [6.45, 7) is -0.309. The lowest BCUT2D eigenvalue weighted by atomic mass is 10.1. The summed E-state index contributed by atoms with van der Waals surface area (Å²) in [5.41, 5.74) is 0.736. The van der Waals surface area contributed by atoms with E-state index < -0.39 is 5.97 Å². The quantitative estimate of drug-likeness (QED) is 0.778. The second-order valence-electron chi connectivity index (χ2n) is 3.49. The number of likely N-dealkylation sites (N-methyl/N-ethyl adjacent to an activating group) is 1. The van der Waals surface area contributed by atoms with Crippen LogP contribution in [0.25, 0.3) is 0 Å². The minimum Gasteiger partial charge on any atom is -0.508 e. The van der Waals surface area contributed by atoms with Crippen LogP contribution in [0.2, 0.25) is 0 Å². The van der Waals surface area contributed by atoms with Crippen molar-refractivity contribution in [3.63, 3.8) is 0 Å². The molecule has 0 aromatic heterocycles. The van der Waals surface area contributed by atoms with Crippen molar-refractivity contribution >= 4 is 11.9 Å². The van der Waals surface area contributed by atoms with Crippen LogP contribution in [0.15, 0.2) is 24.3 Å². The van der Waals surface area contributed by atoms with Crippen molar-refractivity contribution in [3.8, 4) is 5.75 Å². The van der Waals surface area contributed by atoms with Crippen molar-refractivity contribution in [2.75, 3.05) is 13.6 Å². The molecule has 1 aromatic rings. The largest absolute Gasteiger partial charge is 0.508 e. The Bertz CT molecular complexity index is 385. The van der Waals surface area contributed by atoms with E-state index in [0.29, 0.717) is 0 Å². The maximum Gasteiger partial charge on any atom is 0.323 e. The van der Waals surface area contributed by atoms with Gasteiger partial charge in [0, 0.05) is 7.05 Å². The third-order valence-electron chi connectivity index (χ3n) is 2.09. The normalized spacial score (nSPS) is 9.81. The number of aliphatic carboxylic acids is 1. The van der Waals surface area contributed by atoms with Gasteiger partial charge in [0.2, 0.25) is 5.91 Å². The van der Waals surface area contributed by atoms with Gasteiger partial charge in [-0.3, -0.25) is 9.59 Å². The molecule has 0 saturated carbocycles. The minimum atomic E-state index is -1.04. The van der Waals surface area contributed by atoms with Crippen LogP contribution in [0.5, 0.6) is 5.75 Å². The number of phenolic OH excluding ortho intramolecular Hbond substituents is 1. The van der Waals surface area contributed by atoms with E-state index in [0.717, 1.165) is 10.5 Å². The Morgan fingerprint density at radius 2 is 1.81 bits per heavy atom. The van der Waals surface area contributed by atoms with Crippen molar-refractivity contribution in [2.24, 2.45) is 0 Å². The number of hydrogen-bond donors (Lipinski definition) is 2. The first kappa shape index (κ1) is 12.0. The van der Waals surface area contributed by atoms with Crippen LogP contribution in [0.1, 0.15) is 5.56 Å². The van der Waals surface area contributed by atoms with Crippen molar-refractivity contribution in [3.05, 3.63) is 29.8 Å². The molecule has 0 spiro atoms. The molecule has 2 N–H and O–H groups in total. The number of rotatable bonds is 4. The van der Waals surface area contributed by atoms with Gasteiger partial charge >= 0.3 is 5.97 Å². The predicted octanol–water partition coefficient (Wildman–Crippen LogP) is 0.478. The fourth-order valence-electron chi connectivity index (χ4n) is 1.21. The first-order valence-electron chi connectivity index (χ1n) is 4.72. The van der Waals surface area contributed by atoms with Crippen LogP contribution in [-0.2, 0) is 16.0 Å². The van der Waals surface area contributed by atoms with E-state index in [1.165, 1.54) is 19.2 Å². The first-order valence-corrected chi connectivity index (χ1v) is 4.72. The number of carboxylic acid groups (broad SMARTS) is 1. The smallest absolute Gasteiger partial charge is 0.323 e. The number of carbonyl (C=O) groups is 2. The monoisotopic (exact) mass is 223 g/mol. The Morgan fingerprint density at radius 1 is 1.25 bits per heavy atom. The molecule has 16 heavy (non-hydrogen) atoms. The molecular weight excluding hydrogens is 210 g/mol. The fraction of sp³-hybridized carbons (Fsp3) is 0.273. The molecule has 0 heterocycles. The second-order valence-corrected chi connectivity index (χ2v) is 3.49. The molecule has 1 aromatic carbocycles. The summed E-state index contributed by atoms with van der Waals surface area (Å²) >= 11 is 0. The molecule has 0 atom stereocenters. The lowest BCUT2D eigenvalue weighted by Gasteiger charge is -2.14. The summed E-state index contributed by atoms with van der Waals surface area (Å²) in [6, 6.07) is 6.23. The van der Waals surface area contributed by atoms with Gasteiger partial charge in [0.1, 0.15) is 12.3 Å². The molecule has 0 saturated heterocycles. The summed E-state index contributed by atoms with van der Waals surface area (Å²) in [4.78, 5) is 23.1. The summed E-state index contributed by atoms with van der Waals surface area (Å²) < 4.78 is 0. The van der Waals surface area contributed by atoms with E-state index in [1.54, 1.807) is 12.1 Å². The van der Waals surface area contributed by atoms with Crippen molar-refractivity contribution in [1.29, 1.82) is 0 Å². The zero-order valence-corrected chi connectivity index (χ0v) is 8.88. The van der Waals surface area contributed by atoms with Gasteiger partial charge in [0.25, 0.3) is 0 Å². The summed E-state index contributed by atoms with van der Waals surface area (Å²) in [7, 11) is 1.44. The molecule has 0 radical (unpaired) electrons. The van der Waals surface area contributed by atoms with Crippen LogP contribution in [0.3, 0.4) is 0 Å². The van der Waals surface area contributed by atoms with Crippen molar-refractivity contribution in [2.45, 2.75) is 6.42 Å². The van der Waals surface area contributed by atoms with Gasteiger partial charge in [0.05, 0.1) is 6.42 Å². The zero-order chi connectivity index (χ0) is 12.1. The standard InChI is InChI=1S/C11H13NO4/c1-12(7-11(15)16)10(14)6-8-2-4-9(13)5-3-8/h2-5,13H,6-7H2,1H3,(H,15,16). The molecule has 5 nitrogen and oxygen atoms in total. The van der Waals surface area contributed by atoms with E-state index >= 15 is 0 Å². The first-order chi connectivity index (χ1) is 7.49. The Kier molecular flexibility index (Phi) is 3.88. The summed E-state index contributed by atoms with van der Waals surface area (Å²) in [6.07, 6.45) is 0.129. The molecule has 1 amide bonds. The Hall–Kier alpha value is -2.04.